The molecule has 7 unspecified atom stereocenters. The molecule has 1 fully saturated rings. The maximum absolute atomic E-state index is 13.0. The highest BCUT2D eigenvalue weighted by molar-refractivity contribution is 5.76. The normalized spacial score (nSPS) is 19.1. The van der Waals surface area contributed by atoms with Gasteiger partial charge in [0.25, 0.3) is 0 Å². The van der Waals surface area contributed by atoms with Gasteiger partial charge >= 0.3 is 5.97 Å². The van der Waals surface area contributed by atoms with Crippen molar-refractivity contribution >= 4 is 11.9 Å². The lowest BCUT2D eigenvalue weighted by molar-refractivity contribution is -0.302. The van der Waals surface area contributed by atoms with E-state index in [1.165, 1.54) is 193 Å². The Kier molecular flexibility index (Phi) is 49.0. The standard InChI is InChI=1S/C62H115NO10/c1-3-5-7-9-11-13-14-30-34-38-42-46-50-58(67)71-51-47-43-39-35-31-28-26-24-22-20-18-16-15-17-19-21-23-25-27-29-33-37-41-45-49-57(66)63-54(55(65)48-44-40-36-32-12-10-8-6-4-2)53-72-62-61(70)60(69)59(68)56(52-64)73-62/h11,13,17,19,44,48,54-56,59-62,64-65,68-70H,3-10,12,14-16,18,20-43,45-47,49-53H2,1-2H3,(H,63,66)/b13-11-,19-17-,48-44+. The largest absolute Gasteiger partial charge is 0.466 e. The van der Waals surface area contributed by atoms with E-state index in [0.717, 1.165) is 64.2 Å². The summed E-state index contributed by atoms with van der Waals surface area (Å²) in [5.74, 6) is -0.197. The van der Waals surface area contributed by atoms with Crippen molar-refractivity contribution in [1.82, 2.24) is 5.32 Å². The first-order chi connectivity index (χ1) is 35.7. The molecule has 11 nitrogen and oxygen atoms in total. The van der Waals surface area contributed by atoms with Crippen molar-refractivity contribution in [3.63, 3.8) is 0 Å². The van der Waals surface area contributed by atoms with E-state index in [1.807, 2.05) is 6.08 Å². The molecule has 0 aromatic heterocycles. The fourth-order valence-electron chi connectivity index (χ4n) is 9.54. The minimum Gasteiger partial charge on any atom is -0.466 e. The van der Waals surface area contributed by atoms with Gasteiger partial charge in [-0.25, -0.2) is 0 Å². The number of amides is 1. The minimum atomic E-state index is -1.57. The average Bonchev–Trinajstić information content (AvgIpc) is 3.39. The molecule has 1 saturated heterocycles. The molecular formula is C62H115NO10. The van der Waals surface area contributed by atoms with E-state index in [-0.39, 0.29) is 18.5 Å². The van der Waals surface area contributed by atoms with Crippen molar-refractivity contribution in [2.75, 3.05) is 19.8 Å². The third-order valence-corrected chi connectivity index (χ3v) is 14.5. The van der Waals surface area contributed by atoms with Crippen LogP contribution in [-0.2, 0) is 23.8 Å². The zero-order chi connectivity index (χ0) is 53.1. The summed E-state index contributed by atoms with van der Waals surface area (Å²) < 4.78 is 16.7. The molecule has 0 saturated carbocycles. The Morgan fingerprint density at radius 2 is 0.877 bits per heavy atom. The maximum Gasteiger partial charge on any atom is 0.305 e. The molecule has 0 aromatic carbocycles. The van der Waals surface area contributed by atoms with Crippen LogP contribution in [0.1, 0.15) is 284 Å². The van der Waals surface area contributed by atoms with Gasteiger partial charge in [0.2, 0.25) is 5.91 Å². The van der Waals surface area contributed by atoms with Gasteiger partial charge in [0.05, 0.1) is 32.0 Å². The molecule has 6 N–H and O–H groups in total. The number of carbonyl (C=O) groups is 2. The number of ether oxygens (including phenoxy) is 3. The quantitative estimate of drug-likeness (QED) is 0.0195. The third-order valence-electron chi connectivity index (χ3n) is 14.5. The number of allylic oxidation sites excluding steroid dienone is 5. The summed E-state index contributed by atoms with van der Waals surface area (Å²) in [6.07, 6.45) is 54.0. The molecule has 1 aliphatic rings. The molecule has 0 radical (unpaired) electrons. The average molecular weight is 1030 g/mol. The van der Waals surface area contributed by atoms with E-state index in [0.29, 0.717) is 19.4 Å². The molecule has 1 heterocycles. The predicted octanol–water partition coefficient (Wildman–Crippen LogP) is 14.3. The number of nitrogens with one attached hydrogen (secondary N) is 1. The molecule has 0 spiro atoms. The fourth-order valence-corrected chi connectivity index (χ4v) is 9.54. The summed E-state index contributed by atoms with van der Waals surface area (Å²) >= 11 is 0. The van der Waals surface area contributed by atoms with Crippen molar-refractivity contribution in [3.8, 4) is 0 Å². The van der Waals surface area contributed by atoms with Gasteiger partial charge in [0.15, 0.2) is 6.29 Å². The van der Waals surface area contributed by atoms with Crippen LogP contribution in [0.25, 0.3) is 0 Å². The van der Waals surface area contributed by atoms with Crippen LogP contribution in [0.4, 0.5) is 0 Å². The Hall–Kier alpha value is -2.12. The van der Waals surface area contributed by atoms with E-state index < -0.39 is 49.5 Å². The van der Waals surface area contributed by atoms with Crippen LogP contribution in [0.15, 0.2) is 36.5 Å². The van der Waals surface area contributed by atoms with Gasteiger partial charge in [-0.1, -0.05) is 224 Å². The lowest BCUT2D eigenvalue weighted by Gasteiger charge is -2.40. The van der Waals surface area contributed by atoms with Crippen molar-refractivity contribution in [2.24, 2.45) is 0 Å². The highest BCUT2D eigenvalue weighted by atomic mass is 16.7. The molecular weight excluding hydrogens is 919 g/mol. The van der Waals surface area contributed by atoms with E-state index in [9.17, 15) is 35.1 Å². The summed E-state index contributed by atoms with van der Waals surface area (Å²) in [4.78, 5) is 25.0. The van der Waals surface area contributed by atoms with Crippen LogP contribution in [0.5, 0.6) is 0 Å². The number of aliphatic hydroxyl groups is 5. The second-order valence-electron chi connectivity index (χ2n) is 21.4. The molecule has 11 heteroatoms. The van der Waals surface area contributed by atoms with Crippen molar-refractivity contribution < 1.29 is 49.3 Å². The summed E-state index contributed by atoms with van der Waals surface area (Å²) in [6, 6.07) is -0.812. The monoisotopic (exact) mass is 1030 g/mol. The number of esters is 1. The molecule has 0 aliphatic carbocycles. The van der Waals surface area contributed by atoms with E-state index in [2.05, 4.69) is 43.5 Å². The Balaban J connectivity index is 2.00. The number of rotatable bonds is 53. The van der Waals surface area contributed by atoms with E-state index >= 15 is 0 Å². The molecule has 7 atom stereocenters. The van der Waals surface area contributed by atoms with E-state index in [4.69, 9.17) is 14.2 Å². The van der Waals surface area contributed by atoms with Crippen molar-refractivity contribution in [2.45, 2.75) is 326 Å². The minimum absolute atomic E-state index is 0.00907. The first-order valence-electron chi connectivity index (χ1n) is 30.8. The lowest BCUT2D eigenvalue weighted by atomic mass is 9.99. The van der Waals surface area contributed by atoms with E-state index in [1.54, 1.807) is 6.08 Å². The molecule has 1 rings (SSSR count). The first-order valence-corrected chi connectivity index (χ1v) is 30.8. The number of hydrogen-bond donors (Lipinski definition) is 6. The van der Waals surface area contributed by atoms with Crippen LogP contribution in [0, 0.1) is 0 Å². The molecule has 1 amide bonds. The fraction of sp³-hybridized carbons (Fsp3) is 0.871. The van der Waals surface area contributed by atoms with Crippen molar-refractivity contribution in [1.29, 1.82) is 0 Å². The second-order valence-corrected chi connectivity index (χ2v) is 21.4. The molecule has 428 valence electrons. The SMILES string of the molecule is CCCCC/C=C\CCCCCCCC(=O)OCCCCCCCCCCCCCC/C=C\CCCCCCCCCCC(=O)NC(COC1OC(CO)C(O)C(O)C1O)C(O)/C=C/CCCCCCCCC. The topological polar surface area (TPSA) is 175 Å². The predicted molar refractivity (Wildman–Crippen MR) is 301 cm³/mol. The zero-order valence-electron chi connectivity index (χ0n) is 47.1. The summed E-state index contributed by atoms with van der Waals surface area (Å²) in [6.45, 7) is 4.29. The number of unbranched alkanes of at least 4 members (excludes halogenated alkanes) is 35. The lowest BCUT2D eigenvalue weighted by Crippen LogP contribution is -2.60. The van der Waals surface area contributed by atoms with Crippen LogP contribution in [0.2, 0.25) is 0 Å². The highest BCUT2D eigenvalue weighted by Crippen LogP contribution is 2.23. The van der Waals surface area contributed by atoms with Gasteiger partial charge in [-0.15, -0.1) is 0 Å². The molecule has 73 heavy (non-hydrogen) atoms. The smallest absolute Gasteiger partial charge is 0.305 e. The molecule has 0 bridgehead atoms. The van der Waals surface area contributed by atoms with Crippen LogP contribution in [-0.4, -0.2) is 100 Å². The van der Waals surface area contributed by atoms with Crippen molar-refractivity contribution in [3.05, 3.63) is 36.5 Å². The van der Waals surface area contributed by atoms with Gasteiger partial charge < -0.3 is 45.1 Å². The highest BCUT2D eigenvalue weighted by Gasteiger charge is 2.44. The molecule has 0 aromatic rings. The van der Waals surface area contributed by atoms with Gasteiger partial charge in [0.1, 0.15) is 24.4 Å². The van der Waals surface area contributed by atoms with Gasteiger partial charge in [-0.05, 0) is 83.5 Å². The zero-order valence-corrected chi connectivity index (χ0v) is 47.1. The maximum atomic E-state index is 13.0. The summed E-state index contributed by atoms with van der Waals surface area (Å²) in [7, 11) is 0. The summed E-state index contributed by atoms with van der Waals surface area (Å²) in [5.41, 5.74) is 0. The van der Waals surface area contributed by atoms with Gasteiger partial charge in [-0.3, -0.25) is 9.59 Å². The Labute approximate surface area is 447 Å². The number of aliphatic hydroxyl groups excluding tert-OH is 5. The third kappa shape index (κ3) is 41.7. The number of hydrogen-bond acceptors (Lipinski definition) is 10. The Bertz CT molecular complexity index is 1310. The van der Waals surface area contributed by atoms with Gasteiger partial charge in [-0.2, -0.15) is 0 Å². The second kappa shape index (κ2) is 52.0. The van der Waals surface area contributed by atoms with Crippen LogP contribution < -0.4 is 5.32 Å². The summed E-state index contributed by atoms with van der Waals surface area (Å²) in [5, 5.41) is 54.2. The van der Waals surface area contributed by atoms with Crippen LogP contribution >= 0.6 is 0 Å². The number of carbonyl (C=O) groups excluding carboxylic acids is 2. The van der Waals surface area contributed by atoms with Crippen LogP contribution in [0.3, 0.4) is 0 Å². The Morgan fingerprint density at radius 3 is 1.34 bits per heavy atom. The first kappa shape index (κ1) is 68.9. The Morgan fingerprint density at radius 1 is 0.493 bits per heavy atom. The van der Waals surface area contributed by atoms with Gasteiger partial charge in [0, 0.05) is 12.8 Å². The molecule has 1 aliphatic heterocycles.